The number of nitriles is 1. The van der Waals surface area contributed by atoms with Crippen LogP contribution in [0.15, 0.2) is 23.3 Å². The Hall–Kier alpha value is -1.03. The first-order valence-electron chi connectivity index (χ1n) is 5.06. The number of hydrogen-bond donors (Lipinski definition) is 0. The highest BCUT2D eigenvalue weighted by molar-refractivity contribution is 5.41. The fourth-order valence-electron chi connectivity index (χ4n) is 2.43. The van der Waals surface area contributed by atoms with Crippen LogP contribution in [0.5, 0.6) is 0 Å². The maximum Gasteiger partial charge on any atom is 0.0988 e. The molecule has 1 unspecified atom stereocenters. The van der Waals surface area contributed by atoms with E-state index in [2.05, 4.69) is 25.1 Å². The molecule has 2 rings (SSSR count). The number of allylic oxidation sites excluding steroid dienone is 4. The molecule has 0 N–H and O–H groups in total. The molecule has 0 aromatic heterocycles. The highest BCUT2D eigenvalue weighted by atomic mass is 14.4. The molecule has 0 radical (unpaired) electrons. The van der Waals surface area contributed by atoms with Crippen molar-refractivity contribution in [3.05, 3.63) is 23.3 Å². The number of fused-ring (bicyclic) bond motifs is 1. The smallest absolute Gasteiger partial charge is 0.0988 e. The zero-order valence-electron chi connectivity index (χ0n) is 8.14. The lowest BCUT2D eigenvalue weighted by Crippen LogP contribution is -2.24. The first-order chi connectivity index (χ1) is 6.24. The Bertz CT molecular complexity index is 317. The van der Waals surface area contributed by atoms with Gasteiger partial charge in [0, 0.05) is 5.57 Å². The summed E-state index contributed by atoms with van der Waals surface area (Å²) in [6.07, 6.45) is 10.4. The molecule has 68 valence electrons. The average Bonchev–Trinajstić information content (AvgIpc) is 2.16. The van der Waals surface area contributed by atoms with Crippen molar-refractivity contribution in [2.45, 2.75) is 39.0 Å². The lowest BCUT2D eigenvalue weighted by Gasteiger charge is -2.38. The molecule has 1 saturated carbocycles. The molecule has 0 heterocycles. The molecule has 1 nitrogen and oxygen atoms in total. The fourth-order valence-corrected chi connectivity index (χ4v) is 2.43. The van der Waals surface area contributed by atoms with Gasteiger partial charge >= 0.3 is 0 Å². The Balaban J connectivity index is 2.30. The van der Waals surface area contributed by atoms with Crippen molar-refractivity contribution in [2.75, 3.05) is 0 Å². The van der Waals surface area contributed by atoms with Crippen LogP contribution >= 0.6 is 0 Å². The molecule has 13 heavy (non-hydrogen) atoms. The van der Waals surface area contributed by atoms with Gasteiger partial charge < -0.3 is 0 Å². The Labute approximate surface area is 79.8 Å². The lowest BCUT2D eigenvalue weighted by molar-refractivity contribution is 0.303. The molecular weight excluding hydrogens is 158 g/mol. The van der Waals surface area contributed by atoms with Gasteiger partial charge in [-0.3, -0.25) is 0 Å². The number of hydrogen-bond acceptors (Lipinski definition) is 1. The highest BCUT2D eigenvalue weighted by Gasteiger charge is 2.32. The van der Waals surface area contributed by atoms with E-state index >= 15 is 0 Å². The minimum absolute atomic E-state index is 0.387. The van der Waals surface area contributed by atoms with Crippen LogP contribution in [-0.2, 0) is 0 Å². The van der Waals surface area contributed by atoms with Crippen molar-refractivity contribution < 1.29 is 0 Å². The molecule has 1 heteroatoms. The maximum absolute atomic E-state index is 8.80. The normalized spacial score (nSPS) is 32.6. The van der Waals surface area contributed by atoms with E-state index in [9.17, 15) is 0 Å². The van der Waals surface area contributed by atoms with Gasteiger partial charge in [0.15, 0.2) is 0 Å². The minimum atomic E-state index is 0.387. The van der Waals surface area contributed by atoms with Crippen molar-refractivity contribution >= 4 is 0 Å². The summed E-state index contributed by atoms with van der Waals surface area (Å²) >= 11 is 0. The molecule has 1 fully saturated rings. The van der Waals surface area contributed by atoms with Crippen LogP contribution in [0.4, 0.5) is 0 Å². The third-order valence-corrected chi connectivity index (χ3v) is 3.43. The third-order valence-electron chi connectivity index (χ3n) is 3.43. The minimum Gasteiger partial charge on any atom is -0.192 e. The summed E-state index contributed by atoms with van der Waals surface area (Å²) in [6, 6.07) is 2.24. The topological polar surface area (TPSA) is 23.8 Å². The largest absolute Gasteiger partial charge is 0.192 e. The van der Waals surface area contributed by atoms with Crippen LogP contribution in [0.1, 0.15) is 39.0 Å². The van der Waals surface area contributed by atoms with Crippen LogP contribution in [0, 0.1) is 16.7 Å². The summed E-state index contributed by atoms with van der Waals surface area (Å²) in [5, 5.41) is 8.80. The monoisotopic (exact) mass is 173 g/mol. The van der Waals surface area contributed by atoms with Crippen molar-refractivity contribution in [1.29, 1.82) is 5.26 Å². The van der Waals surface area contributed by atoms with Crippen molar-refractivity contribution in [1.82, 2.24) is 0 Å². The summed E-state index contributed by atoms with van der Waals surface area (Å²) in [4.78, 5) is 0. The molecule has 0 spiro atoms. The van der Waals surface area contributed by atoms with Crippen molar-refractivity contribution in [3.63, 3.8) is 0 Å². The van der Waals surface area contributed by atoms with Gasteiger partial charge in [-0.15, -0.1) is 0 Å². The second-order valence-corrected chi connectivity index (χ2v) is 4.41. The number of nitrogens with zero attached hydrogens (tertiary/aromatic N) is 1. The zero-order chi connectivity index (χ0) is 9.31. The van der Waals surface area contributed by atoms with Gasteiger partial charge in [-0.2, -0.15) is 5.26 Å². The Morgan fingerprint density at radius 2 is 2.31 bits per heavy atom. The second kappa shape index (κ2) is 3.03. The molecule has 2 aliphatic carbocycles. The average molecular weight is 173 g/mol. The van der Waals surface area contributed by atoms with Gasteiger partial charge in [-0.05, 0) is 37.2 Å². The van der Waals surface area contributed by atoms with Crippen LogP contribution < -0.4 is 0 Å². The highest BCUT2D eigenvalue weighted by Crippen LogP contribution is 2.46. The molecule has 0 amide bonds. The van der Waals surface area contributed by atoms with Gasteiger partial charge in [0.1, 0.15) is 0 Å². The van der Waals surface area contributed by atoms with E-state index in [0.29, 0.717) is 5.41 Å². The Kier molecular flexibility index (Phi) is 2.00. The van der Waals surface area contributed by atoms with E-state index < -0.39 is 0 Å². The third kappa shape index (κ3) is 1.42. The fraction of sp³-hybridized carbons (Fsp3) is 0.583. The van der Waals surface area contributed by atoms with E-state index in [4.69, 9.17) is 5.26 Å². The zero-order valence-corrected chi connectivity index (χ0v) is 8.14. The first-order valence-corrected chi connectivity index (χ1v) is 5.06. The summed E-state index contributed by atoms with van der Waals surface area (Å²) in [5.41, 5.74) is 2.77. The van der Waals surface area contributed by atoms with Gasteiger partial charge in [-0.1, -0.05) is 25.0 Å². The molecule has 0 bridgehead atoms. The SMILES string of the molecule is CC12CC=C(C#N)C=C1CCCC2. The first kappa shape index (κ1) is 8.56. The summed E-state index contributed by atoms with van der Waals surface area (Å²) < 4.78 is 0. The van der Waals surface area contributed by atoms with Crippen LogP contribution in [0.2, 0.25) is 0 Å². The summed E-state index contributed by atoms with van der Waals surface area (Å²) in [7, 11) is 0. The van der Waals surface area contributed by atoms with E-state index in [1.54, 1.807) is 0 Å². The van der Waals surface area contributed by atoms with Gasteiger partial charge in [0.05, 0.1) is 6.07 Å². The molecule has 0 aliphatic heterocycles. The van der Waals surface area contributed by atoms with Gasteiger partial charge in [0.2, 0.25) is 0 Å². The predicted octanol–water partition coefficient (Wildman–Crippen LogP) is 3.35. The lowest BCUT2D eigenvalue weighted by atomic mass is 9.67. The van der Waals surface area contributed by atoms with Crippen molar-refractivity contribution in [2.24, 2.45) is 5.41 Å². The van der Waals surface area contributed by atoms with E-state index in [1.165, 1.54) is 31.3 Å². The molecule has 1 atom stereocenters. The van der Waals surface area contributed by atoms with Crippen LogP contribution in [-0.4, -0.2) is 0 Å². The van der Waals surface area contributed by atoms with Gasteiger partial charge in [-0.25, -0.2) is 0 Å². The summed E-state index contributed by atoms with van der Waals surface area (Å²) in [6.45, 7) is 2.34. The summed E-state index contributed by atoms with van der Waals surface area (Å²) in [5.74, 6) is 0. The van der Waals surface area contributed by atoms with E-state index in [0.717, 1.165) is 12.0 Å². The maximum atomic E-state index is 8.80. The molecule has 2 aliphatic rings. The van der Waals surface area contributed by atoms with E-state index in [-0.39, 0.29) is 0 Å². The van der Waals surface area contributed by atoms with Crippen LogP contribution in [0.3, 0.4) is 0 Å². The molecule has 0 aromatic rings. The number of rotatable bonds is 0. The van der Waals surface area contributed by atoms with Crippen LogP contribution in [0.25, 0.3) is 0 Å². The molecule has 0 aromatic carbocycles. The van der Waals surface area contributed by atoms with E-state index in [1.807, 2.05) is 0 Å². The Morgan fingerprint density at radius 3 is 3.08 bits per heavy atom. The Morgan fingerprint density at radius 1 is 1.46 bits per heavy atom. The predicted molar refractivity (Wildman–Crippen MR) is 53.0 cm³/mol. The van der Waals surface area contributed by atoms with Gasteiger partial charge in [0.25, 0.3) is 0 Å². The second-order valence-electron chi connectivity index (χ2n) is 4.41. The molecule has 0 saturated heterocycles. The molecular formula is C12H15N. The van der Waals surface area contributed by atoms with Crippen molar-refractivity contribution in [3.8, 4) is 6.07 Å². The standard InChI is InChI=1S/C12H15N/c1-12-6-3-2-4-11(12)8-10(9-13)5-7-12/h5,8H,2-4,6-7H2,1H3. The quantitative estimate of drug-likeness (QED) is 0.551.